The van der Waals surface area contributed by atoms with Crippen molar-refractivity contribution in [2.75, 3.05) is 43.5 Å². The SMILES string of the molecule is Cc1nnc(-c2cc(Cl)ccc2F)cc1Nc1cc(NC(=O)CCCN2CCOCC2)ncn1. The molecule has 178 valence electrons. The van der Waals surface area contributed by atoms with Gasteiger partial charge in [-0.25, -0.2) is 14.4 Å². The molecule has 3 aromatic rings. The van der Waals surface area contributed by atoms with Gasteiger partial charge in [0.05, 0.1) is 30.3 Å². The lowest BCUT2D eigenvalue weighted by Gasteiger charge is -2.26. The molecule has 0 radical (unpaired) electrons. The van der Waals surface area contributed by atoms with Crippen LogP contribution in [-0.4, -0.2) is 63.8 Å². The van der Waals surface area contributed by atoms with Crippen molar-refractivity contribution in [3.8, 4) is 11.3 Å². The third kappa shape index (κ3) is 6.43. The topological polar surface area (TPSA) is 105 Å². The lowest BCUT2D eigenvalue weighted by Crippen LogP contribution is -2.37. The Hall–Kier alpha value is -3.21. The molecule has 34 heavy (non-hydrogen) atoms. The van der Waals surface area contributed by atoms with Crippen LogP contribution in [0.3, 0.4) is 0 Å². The van der Waals surface area contributed by atoms with Gasteiger partial charge in [0, 0.05) is 36.2 Å². The molecule has 0 aliphatic carbocycles. The standard InChI is InChI=1S/C23H25ClFN7O2/c1-15-19(12-20(31-30-15)17-11-16(24)4-5-18(17)25)28-21-13-22(27-14-26-21)29-23(33)3-2-6-32-7-9-34-10-8-32/h4-5,11-14H,2-3,6-10H2,1H3,(H2,26,27,28,29,31,33). The van der Waals surface area contributed by atoms with Crippen LogP contribution in [0.15, 0.2) is 36.7 Å². The second-order valence-electron chi connectivity index (χ2n) is 7.87. The minimum atomic E-state index is -0.450. The summed E-state index contributed by atoms with van der Waals surface area (Å²) in [6.07, 6.45) is 2.51. The van der Waals surface area contributed by atoms with Crippen LogP contribution in [0.2, 0.25) is 5.02 Å². The molecule has 0 bridgehead atoms. The van der Waals surface area contributed by atoms with Crippen LogP contribution < -0.4 is 10.6 Å². The number of hydrogen-bond donors (Lipinski definition) is 2. The summed E-state index contributed by atoms with van der Waals surface area (Å²) >= 11 is 6.01. The first-order chi connectivity index (χ1) is 16.5. The first-order valence-corrected chi connectivity index (χ1v) is 11.3. The summed E-state index contributed by atoms with van der Waals surface area (Å²) in [6.45, 7) is 5.91. The van der Waals surface area contributed by atoms with Gasteiger partial charge in [-0.1, -0.05) is 11.6 Å². The average molecular weight is 486 g/mol. The van der Waals surface area contributed by atoms with E-state index in [1.165, 1.54) is 24.5 Å². The number of hydrogen-bond acceptors (Lipinski definition) is 8. The van der Waals surface area contributed by atoms with E-state index in [0.29, 0.717) is 40.2 Å². The van der Waals surface area contributed by atoms with Crippen molar-refractivity contribution >= 4 is 34.8 Å². The Morgan fingerprint density at radius 1 is 1.15 bits per heavy atom. The van der Waals surface area contributed by atoms with Crippen molar-refractivity contribution in [1.29, 1.82) is 0 Å². The Kier molecular flexibility index (Phi) is 7.94. The van der Waals surface area contributed by atoms with Gasteiger partial charge in [-0.2, -0.15) is 10.2 Å². The number of nitrogens with one attached hydrogen (secondary N) is 2. The summed E-state index contributed by atoms with van der Waals surface area (Å²) in [5, 5.41) is 14.5. The van der Waals surface area contributed by atoms with Crippen LogP contribution in [0.1, 0.15) is 18.5 Å². The van der Waals surface area contributed by atoms with E-state index in [-0.39, 0.29) is 11.5 Å². The zero-order valence-corrected chi connectivity index (χ0v) is 19.5. The maximum Gasteiger partial charge on any atom is 0.225 e. The lowest BCUT2D eigenvalue weighted by atomic mass is 10.1. The number of morpholine rings is 1. The lowest BCUT2D eigenvalue weighted by molar-refractivity contribution is -0.116. The van der Waals surface area contributed by atoms with Crippen LogP contribution in [0.4, 0.5) is 21.7 Å². The number of carbonyl (C=O) groups is 1. The molecule has 0 saturated carbocycles. The van der Waals surface area contributed by atoms with Gasteiger partial charge in [0.25, 0.3) is 0 Å². The second-order valence-corrected chi connectivity index (χ2v) is 8.31. The zero-order chi connectivity index (χ0) is 23.9. The van der Waals surface area contributed by atoms with Gasteiger partial charge in [0.15, 0.2) is 0 Å². The minimum absolute atomic E-state index is 0.113. The minimum Gasteiger partial charge on any atom is -0.379 e. The number of ether oxygens (including phenoxy) is 1. The number of anilines is 3. The highest BCUT2D eigenvalue weighted by Gasteiger charge is 2.13. The highest BCUT2D eigenvalue weighted by atomic mass is 35.5. The molecule has 2 aromatic heterocycles. The number of halogens is 2. The van der Waals surface area contributed by atoms with Crippen molar-refractivity contribution in [2.24, 2.45) is 0 Å². The quantitative estimate of drug-likeness (QED) is 0.496. The number of nitrogens with zero attached hydrogens (tertiary/aromatic N) is 5. The molecule has 0 atom stereocenters. The number of aromatic nitrogens is 4. The van der Waals surface area contributed by atoms with Crippen molar-refractivity contribution < 1.29 is 13.9 Å². The Morgan fingerprint density at radius 2 is 1.94 bits per heavy atom. The largest absolute Gasteiger partial charge is 0.379 e. The number of benzene rings is 1. The fraction of sp³-hybridized carbons (Fsp3) is 0.348. The molecule has 1 fully saturated rings. The van der Waals surface area contributed by atoms with Gasteiger partial charge >= 0.3 is 0 Å². The maximum absolute atomic E-state index is 14.3. The Balaban J connectivity index is 1.39. The molecule has 0 spiro atoms. The molecule has 1 saturated heterocycles. The molecule has 1 aliphatic rings. The predicted molar refractivity (Wildman–Crippen MR) is 128 cm³/mol. The summed E-state index contributed by atoms with van der Waals surface area (Å²) in [5.74, 6) is 0.273. The summed E-state index contributed by atoms with van der Waals surface area (Å²) in [6, 6.07) is 7.55. The van der Waals surface area contributed by atoms with E-state index >= 15 is 0 Å². The van der Waals surface area contributed by atoms with E-state index in [9.17, 15) is 9.18 Å². The van der Waals surface area contributed by atoms with Gasteiger partial charge in [-0.15, -0.1) is 0 Å². The zero-order valence-electron chi connectivity index (χ0n) is 18.7. The second kappa shape index (κ2) is 11.3. The Morgan fingerprint density at radius 3 is 2.76 bits per heavy atom. The predicted octanol–water partition coefficient (Wildman–Crippen LogP) is 3.83. The number of rotatable bonds is 8. The molecule has 1 aromatic carbocycles. The number of amides is 1. The smallest absolute Gasteiger partial charge is 0.225 e. The van der Waals surface area contributed by atoms with Crippen LogP contribution in [0, 0.1) is 12.7 Å². The van der Waals surface area contributed by atoms with E-state index < -0.39 is 5.82 Å². The van der Waals surface area contributed by atoms with E-state index in [0.717, 1.165) is 39.3 Å². The van der Waals surface area contributed by atoms with Crippen LogP contribution >= 0.6 is 11.6 Å². The summed E-state index contributed by atoms with van der Waals surface area (Å²) in [4.78, 5) is 23.0. The highest BCUT2D eigenvalue weighted by molar-refractivity contribution is 6.30. The molecule has 0 unspecified atom stereocenters. The normalized spacial score (nSPS) is 14.1. The van der Waals surface area contributed by atoms with Crippen LogP contribution in [0.25, 0.3) is 11.3 Å². The Bertz CT molecular complexity index is 1160. The molecule has 9 nitrogen and oxygen atoms in total. The van der Waals surface area contributed by atoms with Gasteiger partial charge in [0.2, 0.25) is 5.91 Å². The molecule has 11 heteroatoms. The molecule has 2 N–H and O–H groups in total. The Labute approximate surface area is 201 Å². The van der Waals surface area contributed by atoms with E-state index in [4.69, 9.17) is 16.3 Å². The van der Waals surface area contributed by atoms with E-state index in [2.05, 4.69) is 35.7 Å². The van der Waals surface area contributed by atoms with Gasteiger partial charge < -0.3 is 15.4 Å². The molecule has 3 heterocycles. The van der Waals surface area contributed by atoms with Crippen molar-refractivity contribution in [1.82, 2.24) is 25.1 Å². The van der Waals surface area contributed by atoms with Gasteiger partial charge in [-0.3, -0.25) is 9.69 Å². The van der Waals surface area contributed by atoms with E-state index in [1.807, 2.05) is 0 Å². The first kappa shape index (κ1) is 23.9. The third-order valence-corrected chi connectivity index (χ3v) is 5.60. The van der Waals surface area contributed by atoms with Crippen LogP contribution in [-0.2, 0) is 9.53 Å². The average Bonchev–Trinajstić information content (AvgIpc) is 2.83. The van der Waals surface area contributed by atoms with Gasteiger partial charge in [-0.05, 0) is 44.2 Å². The molecule has 4 rings (SSSR count). The highest BCUT2D eigenvalue weighted by Crippen LogP contribution is 2.28. The molecule has 1 aliphatic heterocycles. The fourth-order valence-electron chi connectivity index (χ4n) is 3.53. The van der Waals surface area contributed by atoms with Gasteiger partial charge in [0.1, 0.15) is 23.8 Å². The van der Waals surface area contributed by atoms with Crippen molar-refractivity contribution in [2.45, 2.75) is 19.8 Å². The molecule has 1 amide bonds. The number of carbonyl (C=O) groups excluding carboxylic acids is 1. The van der Waals surface area contributed by atoms with Crippen molar-refractivity contribution in [3.05, 3.63) is 53.2 Å². The fourth-order valence-corrected chi connectivity index (χ4v) is 3.70. The first-order valence-electron chi connectivity index (χ1n) is 11.0. The summed E-state index contributed by atoms with van der Waals surface area (Å²) in [5.41, 5.74) is 1.76. The maximum atomic E-state index is 14.3. The van der Waals surface area contributed by atoms with Crippen molar-refractivity contribution in [3.63, 3.8) is 0 Å². The number of aryl methyl sites for hydroxylation is 1. The molecular weight excluding hydrogens is 461 g/mol. The summed E-state index contributed by atoms with van der Waals surface area (Å²) in [7, 11) is 0. The van der Waals surface area contributed by atoms with E-state index in [1.54, 1.807) is 19.1 Å². The summed E-state index contributed by atoms with van der Waals surface area (Å²) < 4.78 is 19.6. The van der Waals surface area contributed by atoms with Crippen LogP contribution in [0.5, 0.6) is 0 Å². The monoisotopic (exact) mass is 485 g/mol. The third-order valence-electron chi connectivity index (χ3n) is 5.36. The molecular formula is C23H25ClFN7O2.